The fourth-order valence-corrected chi connectivity index (χ4v) is 5.79. The molecule has 1 amide bonds. The van der Waals surface area contributed by atoms with E-state index in [9.17, 15) is 9.90 Å². The van der Waals surface area contributed by atoms with Crippen molar-refractivity contribution in [3.05, 3.63) is 36.2 Å². The van der Waals surface area contributed by atoms with Crippen molar-refractivity contribution in [2.24, 2.45) is 11.8 Å². The van der Waals surface area contributed by atoms with Gasteiger partial charge in [-0.15, -0.1) is 5.10 Å². The van der Waals surface area contributed by atoms with E-state index in [4.69, 9.17) is 4.74 Å². The smallest absolute Gasteiger partial charge is 0.227 e. The number of methoxy groups -OCH3 is 1. The largest absolute Gasteiger partial charge is 0.495 e. The molecule has 4 saturated heterocycles. The van der Waals surface area contributed by atoms with Gasteiger partial charge in [-0.05, 0) is 51.3 Å². The molecule has 2 bridgehead atoms. The van der Waals surface area contributed by atoms with E-state index in [1.165, 1.54) is 0 Å². The zero-order chi connectivity index (χ0) is 23.9. The van der Waals surface area contributed by atoms with E-state index in [0.29, 0.717) is 23.6 Å². The first-order valence-corrected chi connectivity index (χ1v) is 12.4. The molecule has 6 rings (SSSR count). The summed E-state index contributed by atoms with van der Waals surface area (Å²) in [6.45, 7) is 9.21. The molecule has 4 aliphatic heterocycles. The predicted molar refractivity (Wildman–Crippen MR) is 129 cm³/mol. The number of rotatable bonds is 6. The third-order valence-corrected chi connectivity index (χ3v) is 7.78. The number of hydrogen-bond donors (Lipinski definition) is 1. The minimum Gasteiger partial charge on any atom is -0.495 e. The summed E-state index contributed by atoms with van der Waals surface area (Å²) < 4.78 is 7.36. The predicted octanol–water partition coefficient (Wildman–Crippen LogP) is 1.57. The molecule has 9 nitrogen and oxygen atoms in total. The third kappa shape index (κ3) is 4.51. The fourth-order valence-electron chi connectivity index (χ4n) is 5.79. The first kappa shape index (κ1) is 23.1. The number of aliphatic hydroxyl groups is 1. The van der Waals surface area contributed by atoms with E-state index in [0.717, 1.165) is 70.1 Å². The van der Waals surface area contributed by atoms with Gasteiger partial charge in [-0.25, -0.2) is 0 Å². The number of hydrogen-bond acceptors (Lipinski definition) is 7. The van der Waals surface area contributed by atoms with Gasteiger partial charge in [0.15, 0.2) is 0 Å². The summed E-state index contributed by atoms with van der Waals surface area (Å²) in [7, 11) is 1.70. The molecule has 0 saturated carbocycles. The lowest BCUT2D eigenvalue weighted by Gasteiger charge is -2.50. The van der Waals surface area contributed by atoms with Crippen LogP contribution in [0.15, 0.2) is 30.5 Å². The highest BCUT2D eigenvalue weighted by Crippen LogP contribution is 2.38. The molecule has 5 heterocycles. The van der Waals surface area contributed by atoms with Crippen molar-refractivity contribution in [2.75, 3.05) is 51.3 Å². The highest BCUT2D eigenvalue weighted by atomic mass is 16.5. The minimum atomic E-state index is -0.989. The van der Waals surface area contributed by atoms with E-state index < -0.39 is 5.60 Å². The molecule has 1 N–H and O–H groups in total. The zero-order valence-corrected chi connectivity index (χ0v) is 20.4. The van der Waals surface area contributed by atoms with Gasteiger partial charge in [-0.1, -0.05) is 17.3 Å². The Hall–Kier alpha value is -2.65. The van der Waals surface area contributed by atoms with Gasteiger partial charge >= 0.3 is 0 Å². The van der Waals surface area contributed by atoms with E-state index in [2.05, 4.69) is 31.1 Å². The molecule has 1 unspecified atom stereocenters. The van der Waals surface area contributed by atoms with Gasteiger partial charge in [0.05, 0.1) is 31.5 Å². The van der Waals surface area contributed by atoms with Crippen LogP contribution in [0.5, 0.6) is 5.75 Å². The van der Waals surface area contributed by atoms with Crippen molar-refractivity contribution in [2.45, 2.75) is 44.9 Å². The average Bonchev–Trinajstić information content (AvgIpc) is 3.33. The van der Waals surface area contributed by atoms with Crippen LogP contribution in [0, 0.1) is 11.8 Å². The first-order valence-electron chi connectivity index (χ1n) is 12.4. The summed E-state index contributed by atoms with van der Waals surface area (Å²) in [4.78, 5) is 20.3. The summed E-state index contributed by atoms with van der Waals surface area (Å²) in [5, 5.41) is 18.5. The number of carbonyl (C=O) groups is 1. The lowest BCUT2D eigenvalue weighted by molar-refractivity contribution is -0.144. The zero-order valence-electron chi connectivity index (χ0n) is 20.4. The molecule has 0 radical (unpaired) electrons. The maximum atomic E-state index is 13.5. The Labute approximate surface area is 201 Å². The molecule has 9 heteroatoms. The number of aromatic nitrogens is 3. The van der Waals surface area contributed by atoms with E-state index in [1.807, 2.05) is 29.1 Å². The SMILES string of the molecule is COc1ccccc1N1CCN(C(=O)[C@H]2CN3CC[C@@H]2C[C@@H]3Cn2cc(C(C)(C)O)nn2)CC1. The van der Waals surface area contributed by atoms with Crippen LogP contribution in [0.4, 0.5) is 5.69 Å². The maximum Gasteiger partial charge on any atom is 0.227 e. The van der Waals surface area contributed by atoms with Crippen molar-refractivity contribution < 1.29 is 14.6 Å². The fraction of sp³-hybridized carbons (Fsp3) is 0.640. The second-order valence-electron chi connectivity index (χ2n) is 10.4. The quantitative estimate of drug-likeness (QED) is 0.689. The van der Waals surface area contributed by atoms with Gasteiger partial charge < -0.3 is 19.6 Å². The molecule has 184 valence electrons. The molecular formula is C25H36N6O3. The third-order valence-electron chi connectivity index (χ3n) is 7.78. The molecular weight excluding hydrogens is 432 g/mol. The number of fused-ring (bicyclic) bond motifs is 3. The van der Waals surface area contributed by atoms with Gasteiger partial charge in [0, 0.05) is 38.8 Å². The molecule has 1 aromatic carbocycles. The first-order chi connectivity index (χ1) is 16.3. The van der Waals surface area contributed by atoms with Crippen LogP contribution in [-0.4, -0.2) is 88.2 Å². The summed E-state index contributed by atoms with van der Waals surface area (Å²) in [6.07, 6.45) is 3.93. The number of piperidine rings is 3. The number of anilines is 1. The normalized spacial score (nSPS) is 27.2. The molecule has 34 heavy (non-hydrogen) atoms. The molecule has 2 aromatic rings. The Morgan fingerprint density at radius 3 is 2.59 bits per heavy atom. The Balaban J connectivity index is 1.17. The maximum absolute atomic E-state index is 13.5. The summed E-state index contributed by atoms with van der Waals surface area (Å²) in [5.74, 6) is 1.71. The molecule has 0 aliphatic carbocycles. The molecule has 4 fully saturated rings. The van der Waals surface area contributed by atoms with E-state index >= 15 is 0 Å². The standard InChI is InChI=1S/C25H36N6O3/c1-25(2,33)23-17-31(27-26-23)15-19-14-18-8-9-30(19)16-20(18)24(32)29-12-10-28(11-13-29)21-6-4-5-7-22(21)34-3/h4-7,17-20,33H,8-16H2,1-3H3/t18-,19-,20+/m1/s1. The lowest BCUT2D eigenvalue weighted by atomic mass is 9.75. The van der Waals surface area contributed by atoms with Crippen molar-refractivity contribution in [1.82, 2.24) is 24.8 Å². The van der Waals surface area contributed by atoms with Crippen molar-refractivity contribution in [3.63, 3.8) is 0 Å². The van der Waals surface area contributed by atoms with Crippen molar-refractivity contribution >= 4 is 11.6 Å². The van der Waals surface area contributed by atoms with E-state index in [-0.39, 0.29) is 5.92 Å². The van der Waals surface area contributed by atoms with Crippen molar-refractivity contribution in [3.8, 4) is 5.75 Å². The number of amides is 1. The van der Waals surface area contributed by atoms with Gasteiger partial charge in [0.2, 0.25) is 5.91 Å². The molecule has 4 aliphatic rings. The number of carbonyl (C=O) groups excluding carboxylic acids is 1. The monoisotopic (exact) mass is 468 g/mol. The van der Waals surface area contributed by atoms with Crippen LogP contribution in [0.1, 0.15) is 32.4 Å². The number of benzene rings is 1. The van der Waals surface area contributed by atoms with Gasteiger partial charge in [-0.2, -0.15) is 0 Å². The Morgan fingerprint density at radius 2 is 1.94 bits per heavy atom. The summed E-state index contributed by atoms with van der Waals surface area (Å²) in [6, 6.07) is 8.45. The summed E-state index contributed by atoms with van der Waals surface area (Å²) in [5.41, 5.74) is 0.699. The van der Waals surface area contributed by atoms with Gasteiger partial charge in [-0.3, -0.25) is 14.4 Å². The average molecular weight is 469 g/mol. The van der Waals surface area contributed by atoms with Crippen LogP contribution in [0.3, 0.4) is 0 Å². The van der Waals surface area contributed by atoms with Crippen LogP contribution in [0.25, 0.3) is 0 Å². The highest BCUT2D eigenvalue weighted by molar-refractivity contribution is 5.80. The summed E-state index contributed by atoms with van der Waals surface area (Å²) >= 11 is 0. The second-order valence-corrected chi connectivity index (χ2v) is 10.4. The molecule has 4 atom stereocenters. The number of piperazine rings is 1. The van der Waals surface area contributed by atoms with Gasteiger partial charge in [0.25, 0.3) is 0 Å². The number of ether oxygens (including phenoxy) is 1. The Bertz CT molecular complexity index is 1010. The molecule has 0 spiro atoms. The highest BCUT2D eigenvalue weighted by Gasteiger charge is 2.45. The van der Waals surface area contributed by atoms with Crippen LogP contribution in [0.2, 0.25) is 0 Å². The van der Waals surface area contributed by atoms with Crippen molar-refractivity contribution in [1.29, 1.82) is 0 Å². The van der Waals surface area contributed by atoms with Crippen LogP contribution >= 0.6 is 0 Å². The number of para-hydroxylation sites is 2. The lowest BCUT2D eigenvalue weighted by Crippen LogP contribution is -2.60. The topological polar surface area (TPSA) is 87.0 Å². The number of nitrogens with zero attached hydrogens (tertiary/aromatic N) is 6. The molecule has 1 aromatic heterocycles. The van der Waals surface area contributed by atoms with Crippen LogP contribution in [-0.2, 0) is 16.9 Å². The Kier molecular flexibility index (Phi) is 6.24. The Morgan fingerprint density at radius 1 is 1.18 bits per heavy atom. The van der Waals surface area contributed by atoms with Crippen LogP contribution < -0.4 is 9.64 Å². The van der Waals surface area contributed by atoms with Gasteiger partial charge in [0.1, 0.15) is 17.0 Å². The minimum absolute atomic E-state index is 0.0884. The van der Waals surface area contributed by atoms with E-state index in [1.54, 1.807) is 21.0 Å². The second kappa shape index (κ2) is 9.19.